The average molecular weight is 1530 g/mol. The topological polar surface area (TPSA) is 532 Å². The molecule has 0 aromatic rings. The van der Waals surface area contributed by atoms with E-state index in [2.05, 4.69) is 24.5 Å². The number of nitrogens with one attached hydrogen (secondary N) is 2. The maximum Gasteiger partial charge on any atom is 0.364 e. The van der Waals surface area contributed by atoms with Gasteiger partial charge < -0.3 is 150 Å². The van der Waals surface area contributed by atoms with Gasteiger partial charge in [-0.05, 0) is 19.3 Å². The molecule has 0 aromatic heterocycles. The minimum absolute atomic E-state index is 0.171. The van der Waals surface area contributed by atoms with Crippen molar-refractivity contribution in [1.82, 2.24) is 10.6 Å². The van der Waals surface area contributed by atoms with Crippen molar-refractivity contribution in [3.8, 4) is 0 Å². The highest BCUT2D eigenvalue weighted by atomic mass is 16.8. The van der Waals surface area contributed by atoms with E-state index in [-0.39, 0.29) is 12.3 Å². The molecule has 5 fully saturated rings. The zero-order chi connectivity index (χ0) is 77.9. The minimum atomic E-state index is -3.22. The monoisotopic (exact) mass is 1530 g/mol. The fraction of sp³-hybridized carbons (Fsp3) is 0.932. The van der Waals surface area contributed by atoms with E-state index in [1.54, 1.807) is 6.08 Å². The van der Waals surface area contributed by atoms with Gasteiger partial charge in [-0.15, -0.1) is 0 Å². The van der Waals surface area contributed by atoms with Crippen LogP contribution in [0.15, 0.2) is 12.2 Å². The molecule has 5 aliphatic heterocycles. The summed E-state index contributed by atoms with van der Waals surface area (Å²) in [7, 11) is 0. The van der Waals surface area contributed by atoms with E-state index in [1.165, 1.54) is 122 Å². The maximum atomic E-state index is 13.5. The first-order chi connectivity index (χ1) is 50.9. The van der Waals surface area contributed by atoms with Gasteiger partial charge in [-0.25, -0.2) is 4.79 Å². The summed E-state index contributed by atoms with van der Waals surface area (Å²) >= 11 is 0. The number of amides is 2. The Morgan fingerprint density at radius 3 is 1.39 bits per heavy atom. The SMILES string of the molecule is CCCCCCCCCCCCC/C=C/[C@@H](O)[C@H](CO[C@@H]1OC(CO)[C@@H](O[C@@H]2OC(CO)[C@H](O)[C@H](O[C@@H]3OC(CO)[C@@H](O)[C@H](O[C@@H]4OC(CO)[C@H](O)[C@H](O[C@]5(C(=O)O)CC(O)[C@@H](O)C([C@H](O)[C@H](O)CO)O5)C4O)C3NC(C)=O)C2O)[C@H](O)C1O)NC(=O)CCCCCCCCCCCCCCCCCCC. The normalized spacial score (nSPS) is 34.9. The summed E-state index contributed by atoms with van der Waals surface area (Å²) in [5, 5.41) is 203. The Labute approximate surface area is 622 Å². The minimum Gasteiger partial charge on any atom is -0.477 e. The summed E-state index contributed by atoms with van der Waals surface area (Å²) in [5.41, 5.74) is 0. The van der Waals surface area contributed by atoms with Gasteiger partial charge in [-0.3, -0.25) is 9.59 Å². The zero-order valence-electron chi connectivity index (χ0n) is 62.3. The molecule has 5 saturated heterocycles. The molecule has 20 N–H and O–H groups in total. The molecule has 106 heavy (non-hydrogen) atoms. The van der Waals surface area contributed by atoms with Gasteiger partial charge >= 0.3 is 5.97 Å². The molecule has 33 nitrogen and oxygen atoms in total. The standard InChI is InChI=1S/C73H132N2O31/c1-4-6-8-10-12-14-16-18-19-20-21-23-25-27-29-31-33-35-52(85)75-44(45(82)34-32-30-28-26-24-22-17-15-13-11-9-7-5-2)42-97-69-60(92)59(91)63(51(41-80)101-69)102-70-61(93)65(57(89)49(39-78)99-70)104-68-53(74-43(3)81)64(56(88)48(38-77)98-68)103-71-62(94)67(58(90)50(40-79)100-71)106-73(72(95)96)36-46(83)54(86)66(105-73)55(87)47(84)37-76/h32,34,44-51,53-71,76-80,82-84,86-94H,4-31,33,35-42H2,1-3H3,(H,74,81)(H,75,85)(H,95,96)/b34-32+/t44-,45+,46?,47+,48?,49?,50?,51?,53?,54+,55+,56+,57-,58-,59+,60?,61?,62?,63+,64+,65-,66?,67-,68-,69+,70-,71-,73-/m0/s1. The van der Waals surface area contributed by atoms with Crippen molar-refractivity contribution in [3.05, 3.63) is 12.2 Å². The molecule has 0 radical (unpaired) electrons. The molecule has 2 amide bonds. The van der Waals surface area contributed by atoms with Crippen molar-refractivity contribution in [2.24, 2.45) is 0 Å². The first kappa shape index (κ1) is 93.7. The second-order valence-corrected chi connectivity index (χ2v) is 29.2. The lowest BCUT2D eigenvalue weighted by Crippen LogP contribution is -2.71. The van der Waals surface area contributed by atoms with Crippen LogP contribution in [0.25, 0.3) is 0 Å². The molecule has 0 bridgehead atoms. The van der Waals surface area contributed by atoms with Crippen LogP contribution in [0, 0.1) is 0 Å². The lowest BCUT2D eigenvalue weighted by Gasteiger charge is -2.51. The lowest BCUT2D eigenvalue weighted by atomic mass is 9.90. The van der Waals surface area contributed by atoms with E-state index in [0.29, 0.717) is 12.8 Å². The molecular weight excluding hydrogens is 1400 g/mol. The second kappa shape index (κ2) is 50.2. The third kappa shape index (κ3) is 28.9. The number of carboxylic acid groups (broad SMARTS) is 1. The number of allylic oxidation sites excluding steroid dienone is 1. The molecule has 0 saturated carbocycles. The fourth-order valence-corrected chi connectivity index (χ4v) is 14.2. The van der Waals surface area contributed by atoms with Gasteiger partial charge in [0.25, 0.3) is 5.79 Å². The first-order valence-electron chi connectivity index (χ1n) is 39.1. The van der Waals surface area contributed by atoms with E-state index < -0.39 is 229 Å². The van der Waals surface area contributed by atoms with E-state index in [0.717, 1.165) is 58.3 Å². The van der Waals surface area contributed by atoms with Crippen molar-refractivity contribution >= 4 is 17.8 Å². The van der Waals surface area contributed by atoms with Gasteiger partial charge in [0.15, 0.2) is 25.2 Å². The Kier molecular flexibility index (Phi) is 44.4. The van der Waals surface area contributed by atoms with Gasteiger partial charge in [-0.1, -0.05) is 193 Å². The highest BCUT2D eigenvalue weighted by Crippen LogP contribution is 2.40. The van der Waals surface area contributed by atoms with Crippen molar-refractivity contribution < 1.29 is 154 Å². The van der Waals surface area contributed by atoms with Crippen LogP contribution in [-0.4, -0.2) is 321 Å². The molecule has 33 heteroatoms. The number of hydrogen-bond acceptors (Lipinski definition) is 30. The molecule has 0 spiro atoms. The molecule has 10 unspecified atom stereocenters. The summed E-state index contributed by atoms with van der Waals surface area (Å²) in [4.78, 5) is 39.5. The van der Waals surface area contributed by atoms with Gasteiger partial charge in [0.05, 0.1) is 57.9 Å². The van der Waals surface area contributed by atoms with Crippen LogP contribution in [0.2, 0.25) is 0 Å². The van der Waals surface area contributed by atoms with Gasteiger partial charge in [0.1, 0.15) is 122 Å². The number of carboxylic acids is 1. The first-order valence-corrected chi connectivity index (χ1v) is 39.1. The van der Waals surface area contributed by atoms with Crippen LogP contribution >= 0.6 is 0 Å². The number of unbranched alkanes of at least 4 members (excludes halogenated alkanes) is 27. The number of hydrogen-bond donors (Lipinski definition) is 20. The molecule has 5 rings (SSSR count). The molecule has 0 aliphatic carbocycles. The number of aliphatic carboxylic acids is 1. The third-order valence-electron chi connectivity index (χ3n) is 20.7. The van der Waals surface area contributed by atoms with E-state index >= 15 is 0 Å². The predicted molar refractivity (Wildman–Crippen MR) is 376 cm³/mol. The summed E-state index contributed by atoms with van der Waals surface area (Å²) in [6.07, 6.45) is -14.6. The molecule has 0 aromatic carbocycles. The van der Waals surface area contributed by atoms with Gasteiger partial charge in [0, 0.05) is 19.8 Å². The van der Waals surface area contributed by atoms with E-state index in [4.69, 9.17) is 47.4 Å². The van der Waals surface area contributed by atoms with Crippen LogP contribution in [-0.2, 0) is 61.8 Å². The number of carbonyl (C=O) groups is 3. The Morgan fingerprint density at radius 1 is 0.491 bits per heavy atom. The van der Waals surface area contributed by atoms with Crippen molar-refractivity contribution in [2.75, 3.05) is 39.6 Å². The van der Waals surface area contributed by atoms with Crippen LogP contribution in [0.5, 0.6) is 0 Å². The van der Waals surface area contributed by atoms with Crippen LogP contribution in [0.4, 0.5) is 0 Å². The second-order valence-electron chi connectivity index (χ2n) is 29.2. The Bertz CT molecular complexity index is 2410. The zero-order valence-corrected chi connectivity index (χ0v) is 62.3. The van der Waals surface area contributed by atoms with E-state index in [9.17, 15) is 106 Å². The van der Waals surface area contributed by atoms with Crippen molar-refractivity contribution in [3.63, 3.8) is 0 Å². The van der Waals surface area contributed by atoms with Gasteiger partial charge in [0.2, 0.25) is 11.8 Å². The highest BCUT2D eigenvalue weighted by molar-refractivity contribution is 5.76. The Morgan fingerprint density at radius 2 is 0.915 bits per heavy atom. The smallest absolute Gasteiger partial charge is 0.364 e. The largest absolute Gasteiger partial charge is 0.477 e. The summed E-state index contributed by atoms with van der Waals surface area (Å²) in [5.74, 6) is -6.57. The molecule has 28 atom stereocenters. The highest BCUT2D eigenvalue weighted by Gasteiger charge is 2.61. The van der Waals surface area contributed by atoms with E-state index in [1.807, 2.05) is 6.08 Å². The molecular formula is C73H132N2O31. The average Bonchev–Trinajstić information content (AvgIpc) is 0.757. The number of rotatable bonds is 53. The van der Waals surface area contributed by atoms with Crippen molar-refractivity contribution in [2.45, 2.75) is 391 Å². The van der Waals surface area contributed by atoms with Crippen LogP contribution in [0.1, 0.15) is 220 Å². The quantitative estimate of drug-likeness (QED) is 0.0272. The Hall–Kier alpha value is -2.93. The van der Waals surface area contributed by atoms with Gasteiger partial charge in [-0.2, -0.15) is 0 Å². The molecule has 5 aliphatic rings. The summed E-state index contributed by atoms with van der Waals surface area (Å²) in [6, 6.07) is -2.97. The predicted octanol–water partition coefficient (Wildman–Crippen LogP) is -0.406. The number of carbonyl (C=O) groups excluding carboxylic acids is 2. The fourth-order valence-electron chi connectivity index (χ4n) is 14.2. The number of aliphatic hydroxyl groups is 17. The summed E-state index contributed by atoms with van der Waals surface area (Å²) < 4.78 is 58.5. The lowest BCUT2D eigenvalue weighted by molar-refractivity contribution is -0.392. The molecule has 620 valence electrons. The van der Waals surface area contributed by atoms with Crippen LogP contribution in [0.3, 0.4) is 0 Å². The maximum absolute atomic E-state index is 13.5. The Balaban J connectivity index is 1.25. The summed E-state index contributed by atoms with van der Waals surface area (Å²) in [6.45, 7) is -0.372. The third-order valence-corrected chi connectivity index (χ3v) is 20.7. The van der Waals surface area contributed by atoms with Crippen molar-refractivity contribution in [1.29, 1.82) is 0 Å². The van der Waals surface area contributed by atoms with Crippen LogP contribution < -0.4 is 10.6 Å². The number of aliphatic hydroxyl groups excluding tert-OH is 17. The molecule has 5 heterocycles. The number of ether oxygens (including phenoxy) is 10.